The lowest BCUT2D eigenvalue weighted by Gasteiger charge is -2.18. The Morgan fingerprint density at radius 3 is 3.18 bits per heavy atom. The number of hydrogen-bond acceptors (Lipinski definition) is 4. The van der Waals surface area contributed by atoms with Crippen molar-refractivity contribution in [1.29, 1.82) is 5.26 Å². The van der Waals surface area contributed by atoms with E-state index >= 15 is 0 Å². The summed E-state index contributed by atoms with van der Waals surface area (Å²) in [5.41, 5.74) is 1.08. The van der Waals surface area contributed by atoms with Crippen molar-refractivity contribution in [2.24, 2.45) is 0 Å². The zero-order valence-corrected chi connectivity index (χ0v) is 10.3. The maximum absolute atomic E-state index is 8.82. The Bertz CT molecular complexity index is 536. The van der Waals surface area contributed by atoms with Crippen LogP contribution in [0.2, 0.25) is 0 Å². The molecule has 2 heterocycles. The first-order chi connectivity index (χ1) is 8.38. The lowest BCUT2D eigenvalue weighted by molar-refractivity contribution is 0.288. The molecule has 0 amide bonds. The van der Waals surface area contributed by atoms with Gasteiger partial charge in [-0.3, -0.25) is 4.90 Å². The molecule has 17 heavy (non-hydrogen) atoms. The van der Waals surface area contributed by atoms with Crippen LogP contribution in [-0.4, -0.2) is 23.0 Å². The second-order valence-electron chi connectivity index (χ2n) is 4.31. The number of thiazole rings is 1. The largest absolute Gasteiger partial charge is 0.281 e. The highest BCUT2D eigenvalue weighted by Crippen LogP contribution is 2.35. The molecule has 4 heteroatoms. The molecule has 1 fully saturated rings. The summed E-state index contributed by atoms with van der Waals surface area (Å²) in [6.45, 7) is 1.54. The van der Waals surface area contributed by atoms with Gasteiger partial charge in [0, 0.05) is 0 Å². The monoisotopic (exact) mass is 243 g/mol. The van der Waals surface area contributed by atoms with Gasteiger partial charge < -0.3 is 0 Å². The van der Waals surface area contributed by atoms with E-state index in [9.17, 15) is 0 Å². The zero-order valence-electron chi connectivity index (χ0n) is 9.47. The molecule has 1 saturated heterocycles. The molecule has 1 aromatic heterocycles. The van der Waals surface area contributed by atoms with Crippen LogP contribution in [0.1, 0.15) is 23.9 Å². The predicted molar refractivity (Wildman–Crippen MR) is 68.8 cm³/mol. The van der Waals surface area contributed by atoms with E-state index in [4.69, 9.17) is 10.2 Å². The summed E-state index contributed by atoms with van der Waals surface area (Å²) in [4.78, 5) is 6.93. The Hall–Kier alpha value is -1.44. The lowest BCUT2D eigenvalue weighted by Crippen LogP contribution is -2.23. The fourth-order valence-electron chi connectivity index (χ4n) is 2.42. The maximum Gasteiger partial charge on any atom is 0.111 e. The summed E-state index contributed by atoms with van der Waals surface area (Å²) in [5, 5.41) is 9.99. The van der Waals surface area contributed by atoms with Crippen LogP contribution in [0.3, 0.4) is 0 Å². The normalized spacial score (nSPS) is 20.8. The Kier molecular flexibility index (Phi) is 2.79. The number of fused-ring (bicyclic) bond motifs is 1. The molecule has 1 atom stereocenters. The Morgan fingerprint density at radius 1 is 1.47 bits per heavy atom. The Balaban J connectivity index is 1.95. The third kappa shape index (κ3) is 1.92. The molecule has 86 valence electrons. The fourth-order valence-corrected chi connectivity index (χ4v) is 3.56. The van der Waals surface area contributed by atoms with Crippen LogP contribution in [0.5, 0.6) is 0 Å². The topological polar surface area (TPSA) is 39.9 Å². The van der Waals surface area contributed by atoms with Crippen molar-refractivity contribution in [2.45, 2.75) is 18.9 Å². The van der Waals surface area contributed by atoms with Gasteiger partial charge in [-0.05, 0) is 31.5 Å². The molecule has 1 aliphatic rings. The quantitative estimate of drug-likeness (QED) is 0.761. The van der Waals surface area contributed by atoms with Gasteiger partial charge in [-0.15, -0.1) is 11.3 Å². The van der Waals surface area contributed by atoms with Gasteiger partial charge >= 0.3 is 0 Å². The van der Waals surface area contributed by atoms with Crippen molar-refractivity contribution < 1.29 is 0 Å². The number of nitriles is 1. The molecule has 1 aromatic carbocycles. The molecule has 0 bridgehead atoms. The van der Waals surface area contributed by atoms with Crippen LogP contribution in [-0.2, 0) is 0 Å². The van der Waals surface area contributed by atoms with Crippen molar-refractivity contribution in [3.63, 3.8) is 0 Å². The molecule has 2 aromatic rings. The second-order valence-corrected chi connectivity index (χ2v) is 5.37. The number of rotatable bonds is 2. The van der Waals surface area contributed by atoms with E-state index in [0.717, 1.165) is 18.5 Å². The molecule has 3 nitrogen and oxygen atoms in total. The van der Waals surface area contributed by atoms with Crippen LogP contribution in [0.4, 0.5) is 0 Å². The molecular weight excluding hydrogens is 230 g/mol. The summed E-state index contributed by atoms with van der Waals surface area (Å²) in [6.07, 6.45) is 2.30. The number of hydrogen-bond donors (Lipinski definition) is 0. The zero-order chi connectivity index (χ0) is 11.7. The standard InChI is InChI=1S/C13H13N3S/c14-7-9-16-8-3-5-11(16)13-15-10-4-1-2-6-12(10)17-13/h1-2,4,6,11H,3,5,8-9H2. The highest BCUT2D eigenvalue weighted by molar-refractivity contribution is 7.18. The molecule has 0 radical (unpaired) electrons. The molecule has 1 unspecified atom stereocenters. The Labute approximate surface area is 104 Å². The maximum atomic E-state index is 8.82. The van der Waals surface area contributed by atoms with E-state index in [-0.39, 0.29) is 0 Å². The summed E-state index contributed by atoms with van der Waals surface area (Å²) in [7, 11) is 0. The molecular formula is C13H13N3S. The van der Waals surface area contributed by atoms with Crippen molar-refractivity contribution in [3.05, 3.63) is 29.3 Å². The predicted octanol–water partition coefficient (Wildman–Crippen LogP) is 2.96. The highest BCUT2D eigenvalue weighted by atomic mass is 32.1. The second kappa shape index (κ2) is 4.44. The summed E-state index contributed by atoms with van der Waals surface area (Å²) < 4.78 is 1.24. The van der Waals surface area contributed by atoms with Crippen LogP contribution in [0.25, 0.3) is 10.2 Å². The first-order valence-electron chi connectivity index (χ1n) is 5.85. The van der Waals surface area contributed by atoms with Crippen molar-refractivity contribution in [1.82, 2.24) is 9.88 Å². The number of nitrogens with zero attached hydrogens (tertiary/aromatic N) is 3. The van der Waals surface area contributed by atoms with Crippen LogP contribution < -0.4 is 0 Å². The smallest absolute Gasteiger partial charge is 0.111 e. The number of likely N-dealkylation sites (tertiary alicyclic amines) is 1. The van der Waals surface area contributed by atoms with Gasteiger partial charge in [0.25, 0.3) is 0 Å². The van der Waals surface area contributed by atoms with Crippen LogP contribution >= 0.6 is 11.3 Å². The molecule has 0 saturated carbocycles. The summed E-state index contributed by atoms with van der Waals surface area (Å²) >= 11 is 1.76. The van der Waals surface area contributed by atoms with E-state index < -0.39 is 0 Å². The van der Waals surface area contributed by atoms with Crippen LogP contribution in [0, 0.1) is 11.3 Å². The minimum Gasteiger partial charge on any atom is -0.281 e. The van der Waals surface area contributed by atoms with Crippen LogP contribution in [0.15, 0.2) is 24.3 Å². The van der Waals surface area contributed by atoms with Crippen molar-refractivity contribution >= 4 is 21.6 Å². The van der Waals surface area contributed by atoms with Crippen molar-refractivity contribution in [3.8, 4) is 6.07 Å². The number of benzene rings is 1. The van der Waals surface area contributed by atoms with Gasteiger partial charge in [-0.1, -0.05) is 12.1 Å². The van der Waals surface area contributed by atoms with E-state index in [1.165, 1.54) is 16.1 Å². The SMILES string of the molecule is N#CCN1CCCC1c1nc2ccccc2s1. The number of para-hydroxylation sites is 1. The van der Waals surface area contributed by atoms with Gasteiger partial charge in [0.15, 0.2) is 0 Å². The van der Waals surface area contributed by atoms with E-state index in [0.29, 0.717) is 12.6 Å². The van der Waals surface area contributed by atoms with Gasteiger partial charge in [0.2, 0.25) is 0 Å². The summed E-state index contributed by atoms with van der Waals surface area (Å²) in [6, 6.07) is 10.8. The highest BCUT2D eigenvalue weighted by Gasteiger charge is 2.28. The molecule has 1 aliphatic heterocycles. The average Bonchev–Trinajstić information content (AvgIpc) is 2.94. The van der Waals surface area contributed by atoms with Gasteiger partial charge in [-0.25, -0.2) is 4.98 Å². The third-order valence-electron chi connectivity index (χ3n) is 3.23. The van der Waals surface area contributed by atoms with Gasteiger partial charge in [-0.2, -0.15) is 5.26 Å². The number of aromatic nitrogens is 1. The third-order valence-corrected chi connectivity index (χ3v) is 4.37. The van der Waals surface area contributed by atoms with Gasteiger partial charge in [0.05, 0.1) is 28.9 Å². The molecule has 0 spiro atoms. The van der Waals surface area contributed by atoms with E-state index in [1.807, 2.05) is 12.1 Å². The summed E-state index contributed by atoms with van der Waals surface area (Å²) in [5.74, 6) is 0. The molecule has 3 rings (SSSR count). The molecule has 0 N–H and O–H groups in total. The first kappa shape index (κ1) is 10.7. The van der Waals surface area contributed by atoms with Gasteiger partial charge in [0.1, 0.15) is 5.01 Å². The van der Waals surface area contributed by atoms with Crippen molar-refractivity contribution in [2.75, 3.05) is 13.1 Å². The average molecular weight is 243 g/mol. The lowest BCUT2D eigenvalue weighted by atomic mass is 10.2. The van der Waals surface area contributed by atoms with E-state index in [1.54, 1.807) is 11.3 Å². The minimum atomic E-state index is 0.354. The minimum absolute atomic E-state index is 0.354. The Morgan fingerprint density at radius 2 is 2.35 bits per heavy atom. The van der Waals surface area contributed by atoms with E-state index in [2.05, 4.69) is 23.1 Å². The first-order valence-corrected chi connectivity index (χ1v) is 6.66. The molecule has 0 aliphatic carbocycles. The fraction of sp³-hybridized carbons (Fsp3) is 0.385.